The van der Waals surface area contributed by atoms with Crippen LogP contribution in [0.25, 0.3) is 17.0 Å². The summed E-state index contributed by atoms with van der Waals surface area (Å²) in [7, 11) is 0. The number of nitrogens with zero attached hydrogens (tertiary/aromatic N) is 3. The zero-order valence-corrected chi connectivity index (χ0v) is 12.7. The van der Waals surface area contributed by atoms with Gasteiger partial charge in [-0.2, -0.15) is 4.52 Å². The number of non-ortho nitro benzene ring substituents is 1. The second-order valence-electron chi connectivity index (χ2n) is 4.77. The fourth-order valence-corrected chi connectivity index (χ4v) is 2.24. The zero-order chi connectivity index (χ0) is 17.3. The normalized spacial score (nSPS) is 10.5. The van der Waals surface area contributed by atoms with Crippen LogP contribution in [0.5, 0.6) is 0 Å². The van der Waals surface area contributed by atoms with E-state index >= 15 is 0 Å². The number of benzene rings is 2. The van der Waals surface area contributed by atoms with Gasteiger partial charge in [0.1, 0.15) is 10.6 Å². The van der Waals surface area contributed by atoms with Crippen LogP contribution >= 0.6 is 11.6 Å². The average Bonchev–Trinajstić information content (AvgIpc) is 2.56. The highest BCUT2D eigenvalue weighted by atomic mass is 35.5. The largest absolute Gasteiger partial charge is 0.378 e. The fraction of sp³-hybridized carbons (Fsp3) is 0. The fourth-order valence-electron chi connectivity index (χ4n) is 2.12. The number of aromatic nitrogens is 2. The zero-order valence-electron chi connectivity index (χ0n) is 12.0. The Hall–Kier alpha value is -3.26. The standard InChI is InChI=1S/C15H9ClN3O5/c16-11-4-6-12(7-5-11)17-15(20)9-14(24-19(17)23)10-2-1-3-13(8-10)18(21)22/h1-9H/q+1. The third-order valence-corrected chi connectivity index (χ3v) is 3.47. The number of hydrogen-bond acceptors (Lipinski definition) is 5. The van der Waals surface area contributed by atoms with Crippen molar-refractivity contribution < 1.29 is 14.2 Å². The molecule has 0 aliphatic heterocycles. The first-order valence-electron chi connectivity index (χ1n) is 6.67. The first kappa shape index (κ1) is 15.6. The lowest BCUT2D eigenvalue weighted by Gasteiger charge is -1.98. The minimum atomic E-state index is -0.653. The number of nitro groups is 1. The van der Waals surface area contributed by atoms with Gasteiger partial charge in [0.2, 0.25) is 5.76 Å². The third-order valence-electron chi connectivity index (χ3n) is 3.22. The molecule has 8 nitrogen and oxygen atoms in total. The van der Waals surface area contributed by atoms with Crippen molar-refractivity contribution in [1.29, 1.82) is 0 Å². The minimum Gasteiger partial charge on any atom is -0.263 e. The minimum absolute atomic E-state index is 0.0136. The molecule has 120 valence electrons. The summed E-state index contributed by atoms with van der Waals surface area (Å²) in [5.74, 6) is -0.0797. The Morgan fingerprint density at radius 2 is 1.83 bits per heavy atom. The molecule has 2 aromatic carbocycles. The van der Waals surface area contributed by atoms with Crippen LogP contribution in [-0.2, 0) is 0 Å². The predicted octanol–water partition coefficient (Wildman–Crippen LogP) is 2.57. The van der Waals surface area contributed by atoms with Crippen LogP contribution in [0, 0.1) is 15.0 Å². The molecule has 0 aliphatic carbocycles. The van der Waals surface area contributed by atoms with Crippen molar-refractivity contribution in [2.75, 3.05) is 0 Å². The molecule has 3 aromatic rings. The van der Waals surface area contributed by atoms with E-state index in [-0.39, 0.29) is 27.4 Å². The molecule has 3 rings (SSSR count). The summed E-state index contributed by atoms with van der Waals surface area (Å²) in [5, 5.41) is 11.3. The van der Waals surface area contributed by atoms with Crippen LogP contribution in [0.3, 0.4) is 0 Å². The quantitative estimate of drug-likeness (QED) is 0.535. The second kappa shape index (κ2) is 6.09. The topological polar surface area (TPSA) is 101 Å². The van der Waals surface area contributed by atoms with Gasteiger partial charge in [0.05, 0.1) is 11.0 Å². The molecule has 1 aromatic heterocycles. The molecule has 0 aliphatic rings. The summed E-state index contributed by atoms with van der Waals surface area (Å²) in [4.78, 5) is 34.6. The molecule has 0 unspecified atom stereocenters. The van der Waals surface area contributed by atoms with Gasteiger partial charge in [0, 0.05) is 27.4 Å². The highest BCUT2D eigenvalue weighted by Gasteiger charge is 2.19. The smallest absolute Gasteiger partial charge is 0.263 e. The van der Waals surface area contributed by atoms with Crippen LogP contribution in [0.2, 0.25) is 5.02 Å². The van der Waals surface area contributed by atoms with Crippen molar-refractivity contribution in [2.24, 2.45) is 0 Å². The lowest BCUT2D eigenvalue weighted by atomic mass is 10.1. The highest BCUT2D eigenvalue weighted by molar-refractivity contribution is 6.30. The Bertz CT molecular complexity index is 1010. The van der Waals surface area contributed by atoms with Gasteiger partial charge in [-0.25, -0.2) is 0 Å². The first-order valence-corrected chi connectivity index (χ1v) is 7.05. The molecule has 0 fully saturated rings. The van der Waals surface area contributed by atoms with Crippen LogP contribution in [0.1, 0.15) is 0 Å². The van der Waals surface area contributed by atoms with E-state index in [4.69, 9.17) is 16.1 Å². The molecular weight excluding hydrogens is 338 g/mol. The van der Waals surface area contributed by atoms with E-state index in [1.165, 1.54) is 48.5 Å². The van der Waals surface area contributed by atoms with Gasteiger partial charge in [-0.05, 0) is 24.3 Å². The van der Waals surface area contributed by atoms with Crippen molar-refractivity contribution in [1.82, 2.24) is 4.68 Å². The van der Waals surface area contributed by atoms with Crippen LogP contribution in [-0.4, -0.2) is 9.61 Å². The van der Waals surface area contributed by atoms with Crippen molar-refractivity contribution in [3.8, 4) is 17.0 Å². The summed E-state index contributed by atoms with van der Waals surface area (Å²) in [5.41, 5.74) is -0.315. The summed E-state index contributed by atoms with van der Waals surface area (Å²) in [6, 6.07) is 12.5. The van der Waals surface area contributed by atoms with Crippen LogP contribution < -0.4 is 10.3 Å². The third kappa shape index (κ3) is 2.95. The average molecular weight is 347 g/mol. The molecule has 0 bridgehead atoms. The van der Waals surface area contributed by atoms with Gasteiger partial charge >= 0.3 is 10.3 Å². The van der Waals surface area contributed by atoms with Crippen LogP contribution in [0.4, 0.5) is 5.69 Å². The Balaban J connectivity index is 2.13. The van der Waals surface area contributed by atoms with Gasteiger partial charge in [-0.1, -0.05) is 23.7 Å². The molecule has 1 heterocycles. The summed E-state index contributed by atoms with van der Waals surface area (Å²) in [6.07, 6.45) is 0. The summed E-state index contributed by atoms with van der Waals surface area (Å²) in [6.45, 7) is 0. The van der Waals surface area contributed by atoms with E-state index in [9.17, 15) is 19.8 Å². The monoisotopic (exact) mass is 346 g/mol. The Labute approximate surface area is 138 Å². The Morgan fingerprint density at radius 3 is 2.46 bits per heavy atom. The van der Waals surface area contributed by atoms with Gasteiger partial charge in [-0.3, -0.25) is 14.9 Å². The Kier molecular flexibility index (Phi) is 3.97. The van der Waals surface area contributed by atoms with E-state index in [0.29, 0.717) is 5.02 Å². The lowest BCUT2D eigenvalue weighted by molar-refractivity contribution is -0.775. The SMILES string of the molecule is O=c1cc(-c2cccc([N+](=O)[O-])c2)o[n+](=O)n1-c1ccc(Cl)cc1. The molecular formula is C15H9ClN3O5+. The molecule has 0 N–H and O–H groups in total. The maximum absolute atomic E-state index is 12.3. The summed E-state index contributed by atoms with van der Waals surface area (Å²) < 4.78 is 5.84. The van der Waals surface area contributed by atoms with E-state index in [1.807, 2.05) is 0 Å². The Morgan fingerprint density at radius 1 is 1.12 bits per heavy atom. The van der Waals surface area contributed by atoms with Crippen molar-refractivity contribution in [3.05, 3.63) is 85.0 Å². The predicted molar refractivity (Wildman–Crippen MR) is 84.8 cm³/mol. The number of halogens is 1. The maximum Gasteiger partial charge on any atom is 0.378 e. The molecule has 0 amide bonds. The van der Waals surface area contributed by atoms with Crippen molar-refractivity contribution >= 4 is 17.3 Å². The molecule has 24 heavy (non-hydrogen) atoms. The number of nitro benzene ring substituents is 1. The molecule has 0 radical (unpaired) electrons. The van der Waals surface area contributed by atoms with E-state index in [2.05, 4.69) is 0 Å². The van der Waals surface area contributed by atoms with E-state index < -0.39 is 10.5 Å². The lowest BCUT2D eigenvalue weighted by Crippen LogP contribution is -2.39. The summed E-state index contributed by atoms with van der Waals surface area (Å²) >= 11 is 5.77. The molecule has 9 heteroatoms. The van der Waals surface area contributed by atoms with E-state index in [1.54, 1.807) is 0 Å². The molecule has 0 saturated heterocycles. The van der Waals surface area contributed by atoms with Crippen molar-refractivity contribution in [2.45, 2.75) is 0 Å². The second-order valence-corrected chi connectivity index (χ2v) is 5.21. The van der Waals surface area contributed by atoms with E-state index in [0.717, 1.165) is 10.7 Å². The van der Waals surface area contributed by atoms with Gasteiger partial charge < -0.3 is 0 Å². The number of rotatable bonds is 3. The van der Waals surface area contributed by atoms with Gasteiger partial charge in [0.25, 0.3) is 5.69 Å². The highest BCUT2D eigenvalue weighted by Crippen LogP contribution is 2.22. The molecule has 0 saturated carbocycles. The molecule has 0 spiro atoms. The van der Waals surface area contributed by atoms with Crippen LogP contribution in [0.15, 0.2) is 63.9 Å². The van der Waals surface area contributed by atoms with Gasteiger partial charge in [-0.15, -0.1) is 0 Å². The maximum atomic E-state index is 12.3. The first-order chi connectivity index (χ1) is 11.5. The van der Waals surface area contributed by atoms with Crippen molar-refractivity contribution in [3.63, 3.8) is 0 Å². The molecule has 0 atom stereocenters. The van der Waals surface area contributed by atoms with Gasteiger partial charge in [0.15, 0.2) is 0 Å². The number of hydrogen-bond donors (Lipinski definition) is 0.